The maximum Gasteiger partial charge on any atom is 0.195 e. The minimum absolute atomic E-state index is 0.0134. The van der Waals surface area contributed by atoms with Gasteiger partial charge >= 0.3 is 0 Å². The molecule has 0 spiro atoms. The molecule has 0 aromatic heterocycles. The van der Waals surface area contributed by atoms with Gasteiger partial charge in [-0.05, 0) is 16.4 Å². The first kappa shape index (κ1) is 13.7. The Hall–Kier alpha value is -1.77. The molecule has 19 heavy (non-hydrogen) atoms. The maximum atomic E-state index is 13.9. The van der Waals surface area contributed by atoms with Crippen molar-refractivity contribution in [2.24, 2.45) is 0 Å². The van der Waals surface area contributed by atoms with E-state index in [2.05, 4.69) is 6.58 Å². The van der Waals surface area contributed by atoms with E-state index in [1.807, 2.05) is 20.8 Å². The van der Waals surface area contributed by atoms with Crippen LogP contribution in [0.4, 0.5) is 13.2 Å². The van der Waals surface area contributed by atoms with Crippen molar-refractivity contribution >= 4 is 16.8 Å². The van der Waals surface area contributed by atoms with Crippen molar-refractivity contribution in [1.82, 2.24) is 0 Å². The number of hydrogen-bond acceptors (Lipinski definition) is 0. The Bertz CT molecular complexity index is 664. The standard InChI is InChI=1S/C16H15F3/c1-5-9-12-10(14(18)15(19)13(9)17)7-6-8-11(12)16(2,3)4/h5-8H,1H2,2-4H3. The Morgan fingerprint density at radius 1 is 1.00 bits per heavy atom. The summed E-state index contributed by atoms with van der Waals surface area (Å²) in [7, 11) is 0. The predicted octanol–water partition coefficient (Wildman–Crippen LogP) is 5.20. The average Bonchev–Trinajstić information content (AvgIpc) is 2.35. The lowest BCUT2D eigenvalue weighted by atomic mass is 9.82. The van der Waals surface area contributed by atoms with Gasteiger partial charge in [0, 0.05) is 10.9 Å². The Balaban J connectivity index is 3.09. The summed E-state index contributed by atoms with van der Waals surface area (Å²) < 4.78 is 41.3. The van der Waals surface area contributed by atoms with Crippen LogP contribution in [0, 0.1) is 17.5 Å². The van der Waals surface area contributed by atoms with Gasteiger partial charge < -0.3 is 0 Å². The fourth-order valence-corrected chi connectivity index (χ4v) is 2.28. The highest BCUT2D eigenvalue weighted by molar-refractivity contribution is 5.94. The molecular formula is C16H15F3. The molecule has 2 rings (SSSR count). The van der Waals surface area contributed by atoms with Crippen molar-refractivity contribution in [3.63, 3.8) is 0 Å². The van der Waals surface area contributed by atoms with Crippen LogP contribution in [0.1, 0.15) is 31.9 Å². The largest absolute Gasteiger partial charge is 0.203 e. The molecule has 0 amide bonds. The minimum Gasteiger partial charge on any atom is -0.203 e. The Kier molecular flexibility index (Phi) is 3.17. The van der Waals surface area contributed by atoms with Crippen molar-refractivity contribution in [3.8, 4) is 0 Å². The molecule has 3 heteroatoms. The highest BCUT2D eigenvalue weighted by atomic mass is 19.2. The second-order valence-corrected chi connectivity index (χ2v) is 5.54. The van der Waals surface area contributed by atoms with E-state index >= 15 is 0 Å². The fraction of sp³-hybridized carbons (Fsp3) is 0.250. The van der Waals surface area contributed by atoms with E-state index in [1.165, 1.54) is 12.1 Å². The van der Waals surface area contributed by atoms with Gasteiger partial charge in [0.1, 0.15) is 0 Å². The van der Waals surface area contributed by atoms with E-state index in [0.29, 0.717) is 5.39 Å². The highest BCUT2D eigenvalue weighted by Gasteiger charge is 2.24. The van der Waals surface area contributed by atoms with E-state index in [9.17, 15) is 13.2 Å². The smallest absolute Gasteiger partial charge is 0.195 e. The Labute approximate surface area is 110 Å². The van der Waals surface area contributed by atoms with Gasteiger partial charge in [-0.15, -0.1) is 0 Å². The molecule has 0 aliphatic rings. The maximum absolute atomic E-state index is 13.9. The summed E-state index contributed by atoms with van der Waals surface area (Å²) in [5.74, 6) is -3.78. The van der Waals surface area contributed by atoms with Crippen LogP contribution < -0.4 is 0 Å². The van der Waals surface area contributed by atoms with E-state index in [0.717, 1.165) is 5.56 Å². The molecule has 0 unspecified atom stereocenters. The fourth-order valence-electron chi connectivity index (χ4n) is 2.28. The molecular weight excluding hydrogens is 249 g/mol. The van der Waals surface area contributed by atoms with Crippen LogP contribution in [0.25, 0.3) is 16.8 Å². The zero-order chi connectivity index (χ0) is 14.4. The summed E-state index contributed by atoms with van der Waals surface area (Å²) in [6.45, 7) is 9.32. The summed E-state index contributed by atoms with van der Waals surface area (Å²) >= 11 is 0. The van der Waals surface area contributed by atoms with Crippen LogP contribution in [0.3, 0.4) is 0 Å². The van der Waals surface area contributed by atoms with Crippen LogP contribution >= 0.6 is 0 Å². The molecule has 0 bridgehead atoms. The lowest BCUT2D eigenvalue weighted by Gasteiger charge is -2.23. The molecule has 0 aliphatic heterocycles. The monoisotopic (exact) mass is 264 g/mol. The zero-order valence-corrected chi connectivity index (χ0v) is 11.2. The quantitative estimate of drug-likeness (QED) is 0.621. The third kappa shape index (κ3) is 2.03. The molecule has 0 radical (unpaired) electrons. The van der Waals surface area contributed by atoms with Crippen LogP contribution in [0.15, 0.2) is 24.8 Å². The van der Waals surface area contributed by atoms with E-state index in [-0.39, 0.29) is 16.4 Å². The first-order valence-electron chi connectivity index (χ1n) is 6.01. The summed E-state index contributed by atoms with van der Waals surface area (Å²) in [5, 5.41) is 0.475. The molecule has 100 valence electrons. The number of halogens is 3. The molecule has 0 N–H and O–H groups in total. The SMILES string of the molecule is C=Cc1c(F)c(F)c(F)c2cccc(C(C)(C)C)c12. The first-order chi connectivity index (χ1) is 8.79. The summed E-state index contributed by atoms with van der Waals surface area (Å²) in [6.07, 6.45) is 1.23. The molecule has 0 aliphatic carbocycles. The lowest BCUT2D eigenvalue weighted by Crippen LogP contribution is -2.13. The summed E-state index contributed by atoms with van der Waals surface area (Å²) in [4.78, 5) is 0. The number of rotatable bonds is 1. The zero-order valence-electron chi connectivity index (χ0n) is 11.2. The van der Waals surface area contributed by atoms with Gasteiger partial charge in [-0.1, -0.05) is 51.6 Å². The van der Waals surface area contributed by atoms with E-state index < -0.39 is 17.5 Å². The minimum atomic E-state index is -1.45. The highest BCUT2D eigenvalue weighted by Crippen LogP contribution is 2.36. The number of hydrogen-bond donors (Lipinski definition) is 0. The Morgan fingerprint density at radius 2 is 1.63 bits per heavy atom. The van der Waals surface area contributed by atoms with Gasteiger partial charge in [0.2, 0.25) is 0 Å². The predicted molar refractivity (Wildman–Crippen MR) is 72.6 cm³/mol. The lowest BCUT2D eigenvalue weighted by molar-refractivity contribution is 0.452. The van der Waals surface area contributed by atoms with Gasteiger partial charge in [-0.3, -0.25) is 0 Å². The molecule has 2 aromatic carbocycles. The summed E-state index contributed by atoms with van der Waals surface area (Å²) in [5.41, 5.74) is 0.464. The topological polar surface area (TPSA) is 0 Å². The molecule has 0 saturated heterocycles. The van der Waals surface area contributed by atoms with Crippen molar-refractivity contribution in [3.05, 3.63) is 53.4 Å². The molecule has 0 fully saturated rings. The number of fused-ring (bicyclic) bond motifs is 1. The van der Waals surface area contributed by atoms with E-state index in [1.54, 1.807) is 12.1 Å². The van der Waals surface area contributed by atoms with Gasteiger partial charge in [0.25, 0.3) is 0 Å². The van der Waals surface area contributed by atoms with Crippen LogP contribution in [0.2, 0.25) is 0 Å². The first-order valence-corrected chi connectivity index (χ1v) is 6.01. The van der Waals surface area contributed by atoms with Crippen LogP contribution in [-0.2, 0) is 5.41 Å². The third-order valence-electron chi connectivity index (χ3n) is 3.20. The summed E-state index contributed by atoms with van der Waals surface area (Å²) in [6, 6.07) is 4.90. The van der Waals surface area contributed by atoms with Crippen molar-refractivity contribution in [2.75, 3.05) is 0 Å². The second-order valence-electron chi connectivity index (χ2n) is 5.54. The average molecular weight is 264 g/mol. The third-order valence-corrected chi connectivity index (χ3v) is 3.20. The van der Waals surface area contributed by atoms with Crippen molar-refractivity contribution in [2.45, 2.75) is 26.2 Å². The van der Waals surface area contributed by atoms with Crippen molar-refractivity contribution < 1.29 is 13.2 Å². The molecule has 2 aromatic rings. The van der Waals surface area contributed by atoms with Crippen LogP contribution in [0.5, 0.6) is 0 Å². The van der Waals surface area contributed by atoms with Gasteiger partial charge in [0.15, 0.2) is 17.5 Å². The molecule has 0 heterocycles. The molecule has 0 atom stereocenters. The van der Waals surface area contributed by atoms with Gasteiger partial charge in [-0.25, -0.2) is 13.2 Å². The van der Waals surface area contributed by atoms with Gasteiger partial charge in [0.05, 0.1) is 0 Å². The van der Waals surface area contributed by atoms with Crippen LogP contribution in [-0.4, -0.2) is 0 Å². The molecule has 0 saturated carbocycles. The van der Waals surface area contributed by atoms with E-state index in [4.69, 9.17) is 0 Å². The number of benzene rings is 2. The van der Waals surface area contributed by atoms with Gasteiger partial charge in [-0.2, -0.15) is 0 Å². The second kappa shape index (κ2) is 4.41. The molecule has 0 nitrogen and oxygen atoms in total. The normalized spacial score (nSPS) is 11.9. The Morgan fingerprint density at radius 3 is 2.16 bits per heavy atom. The van der Waals surface area contributed by atoms with Crippen molar-refractivity contribution in [1.29, 1.82) is 0 Å².